The third-order valence-electron chi connectivity index (χ3n) is 2.32. The molecule has 0 unspecified atom stereocenters. The van der Waals surface area contributed by atoms with Crippen molar-refractivity contribution >= 4 is 33.1 Å². The number of nitrogens with zero attached hydrogens (tertiary/aromatic N) is 1. The number of hydrogen-bond donors (Lipinski definition) is 2. The Bertz CT molecular complexity index is 663. The minimum Gasteiger partial charge on any atom is -0.397 e. The SMILES string of the molecule is Nc1cnc(Nc2c(F)c(F)c(F)c(F)c2F)c(Br)c1. The molecule has 0 fully saturated rings. The molecular weight excluding hydrogens is 349 g/mol. The van der Waals surface area contributed by atoms with Crippen LogP contribution in [0, 0.1) is 29.1 Å². The number of hydrogen-bond acceptors (Lipinski definition) is 3. The van der Waals surface area contributed by atoms with Crippen molar-refractivity contribution in [2.75, 3.05) is 11.1 Å². The second-order valence-electron chi connectivity index (χ2n) is 3.67. The fourth-order valence-electron chi connectivity index (χ4n) is 1.38. The van der Waals surface area contributed by atoms with Crippen LogP contribution in [0.1, 0.15) is 0 Å². The maximum absolute atomic E-state index is 13.4. The van der Waals surface area contributed by atoms with Gasteiger partial charge >= 0.3 is 0 Å². The van der Waals surface area contributed by atoms with Crippen molar-refractivity contribution < 1.29 is 22.0 Å². The lowest BCUT2D eigenvalue weighted by Crippen LogP contribution is -2.08. The zero-order valence-electron chi connectivity index (χ0n) is 9.45. The molecule has 3 nitrogen and oxygen atoms in total. The van der Waals surface area contributed by atoms with Crippen LogP contribution >= 0.6 is 15.9 Å². The highest BCUT2D eigenvalue weighted by Crippen LogP contribution is 2.31. The van der Waals surface area contributed by atoms with Crippen molar-refractivity contribution in [3.05, 3.63) is 45.8 Å². The maximum atomic E-state index is 13.4. The van der Waals surface area contributed by atoms with E-state index >= 15 is 0 Å². The Balaban J connectivity index is 2.54. The number of nitrogens with two attached hydrogens (primary N) is 1. The van der Waals surface area contributed by atoms with Gasteiger partial charge in [0.25, 0.3) is 0 Å². The highest BCUT2D eigenvalue weighted by Gasteiger charge is 2.26. The number of nitrogen functional groups attached to an aromatic ring is 1. The van der Waals surface area contributed by atoms with E-state index in [1.165, 1.54) is 6.07 Å². The summed E-state index contributed by atoms with van der Waals surface area (Å²) in [5.41, 5.74) is 4.47. The molecule has 0 aliphatic heterocycles. The number of pyridine rings is 1. The third kappa shape index (κ3) is 2.40. The van der Waals surface area contributed by atoms with Gasteiger partial charge in [-0.25, -0.2) is 26.9 Å². The Morgan fingerprint density at radius 3 is 1.95 bits per heavy atom. The Labute approximate surface area is 117 Å². The van der Waals surface area contributed by atoms with Crippen LogP contribution in [0.2, 0.25) is 0 Å². The topological polar surface area (TPSA) is 50.9 Å². The molecule has 0 spiro atoms. The Morgan fingerprint density at radius 1 is 0.950 bits per heavy atom. The Kier molecular flexibility index (Phi) is 3.80. The molecule has 0 saturated carbocycles. The van der Waals surface area contributed by atoms with Gasteiger partial charge in [-0.1, -0.05) is 0 Å². The molecule has 0 atom stereocenters. The summed E-state index contributed by atoms with van der Waals surface area (Å²) in [5.74, 6) is -10.4. The number of halogens is 6. The Morgan fingerprint density at radius 2 is 1.45 bits per heavy atom. The van der Waals surface area contributed by atoms with Crippen LogP contribution in [0.25, 0.3) is 0 Å². The highest BCUT2D eigenvalue weighted by molar-refractivity contribution is 9.10. The van der Waals surface area contributed by atoms with Gasteiger partial charge in [-0.05, 0) is 22.0 Å². The first kappa shape index (κ1) is 14.5. The van der Waals surface area contributed by atoms with E-state index in [-0.39, 0.29) is 16.0 Å². The molecule has 0 amide bonds. The van der Waals surface area contributed by atoms with E-state index in [0.29, 0.717) is 0 Å². The van der Waals surface area contributed by atoms with Crippen molar-refractivity contribution in [3.63, 3.8) is 0 Å². The molecule has 0 radical (unpaired) electrons. The van der Waals surface area contributed by atoms with Crippen molar-refractivity contribution in [3.8, 4) is 0 Å². The molecule has 1 heterocycles. The van der Waals surface area contributed by atoms with E-state index in [1.807, 2.05) is 5.32 Å². The molecule has 2 rings (SSSR count). The lowest BCUT2D eigenvalue weighted by atomic mass is 10.2. The van der Waals surface area contributed by atoms with E-state index in [0.717, 1.165) is 6.20 Å². The molecule has 1 aromatic carbocycles. The number of aromatic nitrogens is 1. The number of nitrogens with one attached hydrogen (secondary N) is 1. The molecule has 0 saturated heterocycles. The van der Waals surface area contributed by atoms with Crippen LogP contribution in [0.3, 0.4) is 0 Å². The molecule has 0 aliphatic carbocycles. The molecule has 9 heteroatoms. The van der Waals surface area contributed by atoms with Gasteiger partial charge < -0.3 is 11.1 Å². The summed E-state index contributed by atoms with van der Waals surface area (Å²) in [6.45, 7) is 0. The molecule has 20 heavy (non-hydrogen) atoms. The summed E-state index contributed by atoms with van der Waals surface area (Å²) in [6, 6.07) is 1.35. The smallest absolute Gasteiger partial charge is 0.200 e. The number of benzene rings is 1. The highest BCUT2D eigenvalue weighted by atomic mass is 79.9. The summed E-state index contributed by atoms with van der Waals surface area (Å²) in [6.07, 6.45) is 1.15. The van der Waals surface area contributed by atoms with Crippen molar-refractivity contribution in [2.45, 2.75) is 0 Å². The van der Waals surface area contributed by atoms with Gasteiger partial charge in [0.05, 0.1) is 16.4 Å². The number of anilines is 3. The second kappa shape index (κ2) is 5.23. The third-order valence-corrected chi connectivity index (χ3v) is 2.92. The molecule has 0 aliphatic rings. The van der Waals surface area contributed by atoms with Gasteiger partial charge in [-0.15, -0.1) is 0 Å². The van der Waals surface area contributed by atoms with Crippen LogP contribution < -0.4 is 11.1 Å². The molecular formula is C11H5BrF5N3. The van der Waals surface area contributed by atoms with Gasteiger partial charge in [0, 0.05) is 0 Å². The molecule has 2 aromatic rings. The lowest BCUT2D eigenvalue weighted by molar-refractivity contribution is 0.382. The monoisotopic (exact) mass is 353 g/mol. The van der Waals surface area contributed by atoms with E-state index < -0.39 is 34.8 Å². The summed E-state index contributed by atoms with van der Waals surface area (Å²) >= 11 is 2.99. The predicted molar refractivity (Wildman–Crippen MR) is 65.9 cm³/mol. The molecule has 0 bridgehead atoms. The van der Waals surface area contributed by atoms with Crippen molar-refractivity contribution in [1.29, 1.82) is 0 Å². The van der Waals surface area contributed by atoms with Crippen LogP contribution in [-0.4, -0.2) is 4.98 Å². The fraction of sp³-hybridized carbons (Fsp3) is 0. The van der Waals surface area contributed by atoms with Gasteiger partial charge in [0.1, 0.15) is 11.5 Å². The van der Waals surface area contributed by atoms with Crippen LogP contribution in [-0.2, 0) is 0 Å². The largest absolute Gasteiger partial charge is 0.397 e. The quantitative estimate of drug-likeness (QED) is 0.489. The van der Waals surface area contributed by atoms with Crippen molar-refractivity contribution in [2.24, 2.45) is 0 Å². The summed E-state index contributed by atoms with van der Waals surface area (Å²) in [4.78, 5) is 3.68. The Hall–Kier alpha value is -1.90. The first-order valence-electron chi connectivity index (χ1n) is 5.02. The summed E-state index contributed by atoms with van der Waals surface area (Å²) in [5, 5.41) is 2.03. The molecule has 106 valence electrons. The predicted octanol–water partition coefficient (Wildman–Crippen LogP) is 3.87. The fourth-order valence-corrected chi connectivity index (χ4v) is 1.84. The minimum atomic E-state index is -2.23. The molecule has 3 N–H and O–H groups in total. The standard InChI is InChI=1S/C11H5BrF5N3/c12-4-1-3(18)2-19-11(4)20-10-8(16)6(14)5(13)7(15)9(10)17/h1-2H,18H2,(H,19,20). The summed E-state index contributed by atoms with van der Waals surface area (Å²) in [7, 11) is 0. The average Bonchev–Trinajstić information content (AvgIpc) is 2.41. The minimum absolute atomic E-state index is 0.151. The van der Waals surface area contributed by atoms with Gasteiger partial charge in [-0.2, -0.15) is 0 Å². The summed E-state index contributed by atoms with van der Waals surface area (Å²) < 4.78 is 66.0. The lowest BCUT2D eigenvalue weighted by Gasteiger charge is -2.11. The van der Waals surface area contributed by atoms with Gasteiger partial charge in [-0.3, -0.25) is 0 Å². The van der Waals surface area contributed by atoms with E-state index in [2.05, 4.69) is 20.9 Å². The zero-order valence-corrected chi connectivity index (χ0v) is 11.0. The van der Waals surface area contributed by atoms with Crippen molar-refractivity contribution in [1.82, 2.24) is 4.98 Å². The zero-order chi connectivity index (χ0) is 15.0. The maximum Gasteiger partial charge on any atom is 0.200 e. The van der Waals surface area contributed by atoms with Crippen LogP contribution in [0.15, 0.2) is 16.7 Å². The second-order valence-corrected chi connectivity index (χ2v) is 4.52. The first-order valence-corrected chi connectivity index (χ1v) is 5.81. The first-order chi connectivity index (χ1) is 9.32. The normalized spacial score (nSPS) is 10.7. The average molecular weight is 354 g/mol. The number of rotatable bonds is 2. The van der Waals surface area contributed by atoms with E-state index in [1.54, 1.807) is 0 Å². The van der Waals surface area contributed by atoms with E-state index in [4.69, 9.17) is 5.73 Å². The van der Waals surface area contributed by atoms with Crippen LogP contribution in [0.5, 0.6) is 0 Å². The van der Waals surface area contributed by atoms with E-state index in [9.17, 15) is 22.0 Å². The van der Waals surface area contributed by atoms with Gasteiger partial charge in [0.2, 0.25) is 5.82 Å². The van der Waals surface area contributed by atoms with Gasteiger partial charge in [0.15, 0.2) is 23.3 Å². The van der Waals surface area contributed by atoms with Crippen LogP contribution in [0.4, 0.5) is 39.1 Å². The molecule has 1 aromatic heterocycles.